The number of nitrogens with one attached hydrogen (secondary N) is 1. The molecule has 5 aromatic rings. The lowest BCUT2D eigenvalue weighted by atomic mass is 10.1. The van der Waals surface area contributed by atoms with Crippen LogP contribution in [0.1, 0.15) is 11.1 Å². The highest BCUT2D eigenvalue weighted by Gasteiger charge is 2.10. The average molecular weight is 452 g/mol. The number of carbonyl (C=O) groups is 1. The highest BCUT2D eigenvalue weighted by Crippen LogP contribution is 2.24. The Morgan fingerprint density at radius 2 is 1.79 bits per heavy atom. The molecule has 0 radical (unpaired) electrons. The van der Waals surface area contributed by atoms with Crippen molar-refractivity contribution >= 4 is 28.7 Å². The maximum absolute atomic E-state index is 13.3. The number of aryl methyl sites for hydroxylation is 1. The summed E-state index contributed by atoms with van der Waals surface area (Å²) < 4.78 is 17.1. The fourth-order valence-corrected chi connectivity index (χ4v) is 3.91. The highest BCUT2D eigenvalue weighted by molar-refractivity contribution is 6.02. The van der Waals surface area contributed by atoms with E-state index in [9.17, 15) is 9.18 Å². The number of fused-ring (bicyclic) bond motifs is 1. The normalized spacial score (nSPS) is 11.4. The van der Waals surface area contributed by atoms with Gasteiger partial charge in [-0.2, -0.15) is 5.10 Å². The number of nitrogens with zero attached hydrogens (tertiary/aromatic N) is 4. The van der Waals surface area contributed by atoms with Crippen LogP contribution in [-0.4, -0.2) is 25.2 Å². The molecule has 0 unspecified atom stereocenters. The predicted molar refractivity (Wildman–Crippen MR) is 132 cm³/mol. The Morgan fingerprint density at radius 3 is 2.59 bits per heavy atom. The van der Waals surface area contributed by atoms with Crippen LogP contribution in [0.3, 0.4) is 0 Å². The number of imidazole rings is 1. The van der Waals surface area contributed by atoms with E-state index >= 15 is 0 Å². The second-order valence-electron chi connectivity index (χ2n) is 7.96. The zero-order valence-corrected chi connectivity index (χ0v) is 18.5. The molecule has 0 bridgehead atoms. The Balaban J connectivity index is 1.25. The second kappa shape index (κ2) is 9.15. The third kappa shape index (κ3) is 4.49. The minimum absolute atomic E-state index is 0.248. The first-order valence-electron chi connectivity index (χ1n) is 10.8. The molecule has 1 N–H and O–H groups in total. The molecule has 34 heavy (non-hydrogen) atoms. The molecular weight excluding hydrogens is 429 g/mol. The molecule has 0 atom stereocenters. The van der Waals surface area contributed by atoms with E-state index in [1.807, 2.05) is 61.9 Å². The van der Waals surface area contributed by atoms with Gasteiger partial charge in [0.15, 0.2) is 0 Å². The quantitative estimate of drug-likeness (QED) is 0.358. The van der Waals surface area contributed by atoms with E-state index in [4.69, 9.17) is 0 Å². The molecule has 7 heteroatoms. The van der Waals surface area contributed by atoms with Crippen LogP contribution in [-0.2, 0) is 18.4 Å². The van der Waals surface area contributed by atoms with E-state index in [0.717, 1.165) is 33.4 Å². The molecule has 0 spiro atoms. The SMILES string of the molecule is Cn1ncc(/C=C/C(=O)Nc2ccc(Cn3cnc4ccccc43)cc2)c1-c1ccc(F)cc1. The average Bonchev–Trinajstić information content (AvgIpc) is 3.43. The molecule has 2 heterocycles. The number of amides is 1. The van der Waals surface area contributed by atoms with Gasteiger partial charge in [0.1, 0.15) is 5.82 Å². The van der Waals surface area contributed by atoms with Crippen molar-refractivity contribution in [2.45, 2.75) is 6.54 Å². The second-order valence-corrected chi connectivity index (χ2v) is 7.96. The molecule has 0 aliphatic rings. The first kappa shape index (κ1) is 21.3. The summed E-state index contributed by atoms with van der Waals surface area (Å²) in [5.41, 5.74) is 6.26. The fraction of sp³-hybridized carbons (Fsp3) is 0.0741. The minimum atomic E-state index is -0.299. The Bertz CT molecular complexity index is 1480. The lowest BCUT2D eigenvalue weighted by molar-refractivity contribution is -0.111. The number of hydrogen-bond acceptors (Lipinski definition) is 3. The topological polar surface area (TPSA) is 64.7 Å². The van der Waals surface area contributed by atoms with Crippen LogP contribution in [0.4, 0.5) is 10.1 Å². The largest absolute Gasteiger partial charge is 0.326 e. The summed E-state index contributed by atoms with van der Waals surface area (Å²) >= 11 is 0. The van der Waals surface area contributed by atoms with Gasteiger partial charge in [0.25, 0.3) is 0 Å². The van der Waals surface area contributed by atoms with Gasteiger partial charge < -0.3 is 9.88 Å². The number of carbonyl (C=O) groups excluding carboxylic acids is 1. The number of hydrogen-bond donors (Lipinski definition) is 1. The van der Waals surface area contributed by atoms with Crippen LogP contribution >= 0.6 is 0 Å². The maximum Gasteiger partial charge on any atom is 0.248 e. The van der Waals surface area contributed by atoms with Gasteiger partial charge in [-0.25, -0.2) is 9.37 Å². The molecule has 0 fully saturated rings. The Morgan fingerprint density at radius 1 is 1.03 bits per heavy atom. The maximum atomic E-state index is 13.3. The van der Waals surface area contributed by atoms with E-state index < -0.39 is 0 Å². The van der Waals surface area contributed by atoms with E-state index in [-0.39, 0.29) is 11.7 Å². The highest BCUT2D eigenvalue weighted by atomic mass is 19.1. The molecule has 1 amide bonds. The van der Waals surface area contributed by atoms with Crippen molar-refractivity contribution in [2.75, 3.05) is 5.32 Å². The van der Waals surface area contributed by atoms with Crippen LogP contribution < -0.4 is 5.32 Å². The Kier molecular flexibility index (Phi) is 5.74. The molecule has 3 aromatic carbocycles. The van der Waals surface area contributed by atoms with Crippen molar-refractivity contribution in [3.63, 3.8) is 0 Å². The van der Waals surface area contributed by atoms with Crippen LogP contribution in [0.25, 0.3) is 28.4 Å². The lowest BCUT2D eigenvalue weighted by Crippen LogP contribution is -2.08. The van der Waals surface area contributed by atoms with E-state index in [2.05, 4.69) is 20.0 Å². The van der Waals surface area contributed by atoms with Crippen molar-refractivity contribution in [3.05, 3.63) is 108 Å². The van der Waals surface area contributed by atoms with Gasteiger partial charge in [-0.3, -0.25) is 9.48 Å². The zero-order chi connectivity index (χ0) is 23.5. The molecule has 5 rings (SSSR count). The van der Waals surface area contributed by atoms with Gasteiger partial charge in [-0.15, -0.1) is 0 Å². The van der Waals surface area contributed by atoms with Crippen LogP contribution in [0.2, 0.25) is 0 Å². The summed E-state index contributed by atoms with van der Waals surface area (Å²) in [7, 11) is 1.81. The van der Waals surface area contributed by atoms with Gasteiger partial charge in [-0.1, -0.05) is 24.3 Å². The van der Waals surface area contributed by atoms with Crippen molar-refractivity contribution in [3.8, 4) is 11.3 Å². The van der Waals surface area contributed by atoms with Crippen molar-refractivity contribution < 1.29 is 9.18 Å². The third-order valence-corrected chi connectivity index (χ3v) is 5.60. The fourth-order valence-electron chi connectivity index (χ4n) is 3.91. The first-order valence-corrected chi connectivity index (χ1v) is 10.8. The van der Waals surface area contributed by atoms with Crippen molar-refractivity contribution in [2.24, 2.45) is 7.05 Å². The van der Waals surface area contributed by atoms with Crippen molar-refractivity contribution in [1.82, 2.24) is 19.3 Å². The van der Waals surface area contributed by atoms with Crippen molar-refractivity contribution in [1.29, 1.82) is 0 Å². The summed E-state index contributed by atoms with van der Waals surface area (Å²) in [5, 5.41) is 7.15. The third-order valence-electron chi connectivity index (χ3n) is 5.60. The molecular formula is C27H22FN5O. The van der Waals surface area contributed by atoms with Gasteiger partial charge in [0, 0.05) is 36.5 Å². The molecule has 0 saturated heterocycles. The number of aromatic nitrogens is 4. The number of para-hydroxylation sites is 2. The predicted octanol–water partition coefficient (Wildman–Crippen LogP) is 5.28. The van der Waals surface area contributed by atoms with Gasteiger partial charge in [0.05, 0.1) is 29.3 Å². The number of benzene rings is 3. The number of halogens is 1. The minimum Gasteiger partial charge on any atom is -0.326 e. The van der Waals surface area contributed by atoms with Crippen LogP contribution in [0, 0.1) is 5.82 Å². The van der Waals surface area contributed by atoms with Crippen LogP contribution in [0.15, 0.2) is 91.4 Å². The van der Waals surface area contributed by atoms with E-state index in [1.54, 1.807) is 29.1 Å². The molecule has 0 aliphatic carbocycles. The Hall–Kier alpha value is -4.52. The lowest BCUT2D eigenvalue weighted by Gasteiger charge is -2.07. The molecule has 6 nitrogen and oxygen atoms in total. The molecule has 0 saturated carbocycles. The van der Waals surface area contributed by atoms with E-state index in [0.29, 0.717) is 12.2 Å². The zero-order valence-electron chi connectivity index (χ0n) is 18.5. The first-order chi connectivity index (χ1) is 16.6. The summed E-state index contributed by atoms with van der Waals surface area (Å²) in [6.07, 6.45) is 6.69. The Labute approximate surface area is 196 Å². The molecule has 0 aliphatic heterocycles. The monoisotopic (exact) mass is 451 g/mol. The number of rotatable bonds is 6. The summed E-state index contributed by atoms with van der Waals surface area (Å²) in [6.45, 7) is 0.696. The van der Waals surface area contributed by atoms with Gasteiger partial charge in [0.2, 0.25) is 5.91 Å². The molecule has 168 valence electrons. The van der Waals surface area contributed by atoms with E-state index in [1.165, 1.54) is 18.2 Å². The number of anilines is 1. The van der Waals surface area contributed by atoms with Crippen LogP contribution in [0.5, 0.6) is 0 Å². The smallest absolute Gasteiger partial charge is 0.248 e. The summed E-state index contributed by atoms with van der Waals surface area (Å²) in [4.78, 5) is 16.9. The van der Waals surface area contributed by atoms with Gasteiger partial charge in [-0.05, 0) is 60.2 Å². The summed E-state index contributed by atoms with van der Waals surface area (Å²) in [5.74, 6) is -0.547. The molecule has 2 aromatic heterocycles. The van der Waals surface area contributed by atoms with Gasteiger partial charge >= 0.3 is 0 Å². The standard InChI is InChI=1S/C27H22FN5O/c1-32-27(20-8-11-22(28)12-9-20)21(16-30-32)10-15-26(34)31-23-13-6-19(7-14-23)17-33-18-29-24-4-2-3-5-25(24)33/h2-16,18H,17H2,1H3,(H,31,34)/b15-10+. The summed E-state index contributed by atoms with van der Waals surface area (Å²) in [6, 6.07) is 22.0.